The van der Waals surface area contributed by atoms with Crippen LogP contribution < -0.4 is 5.73 Å². The maximum atomic E-state index is 5.80. The minimum Gasteiger partial charge on any atom is -0.380 e. The first kappa shape index (κ1) is 9.44. The zero-order valence-corrected chi connectivity index (χ0v) is 8.41. The van der Waals surface area contributed by atoms with Gasteiger partial charge in [0.2, 0.25) is 0 Å². The van der Waals surface area contributed by atoms with Crippen LogP contribution >= 0.6 is 0 Å². The van der Waals surface area contributed by atoms with Crippen molar-refractivity contribution < 1.29 is 4.74 Å². The van der Waals surface area contributed by atoms with Gasteiger partial charge in [-0.25, -0.2) is 0 Å². The number of ether oxygens (including phenoxy) is 1. The fourth-order valence-electron chi connectivity index (χ4n) is 2.64. The number of hydrogen-bond acceptors (Lipinski definition) is 3. The maximum absolute atomic E-state index is 5.80. The number of nitrogens with zero attached hydrogens (tertiary/aromatic N) is 1. The van der Waals surface area contributed by atoms with E-state index in [1.54, 1.807) is 0 Å². The SMILES string of the molecule is CC1CCN(C2CCOC2)C1CN. The summed E-state index contributed by atoms with van der Waals surface area (Å²) in [4.78, 5) is 2.57. The van der Waals surface area contributed by atoms with Crippen molar-refractivity contribution in [2.45, 2.75) is 31.8 Å². The van der Waals surface area contributed by atoms with E-state index in [0.717, 1.165) is 25.7 Å². The predicted octanol–water partition coefficient (Wildman–Crippen LogP) is 0.444. The van der Waals surface area contributed by atoms with Gasteiger partial charge in [0.15, 0.2) is 0 Å². The number of nitrogens with two attached hydrogens (primary N) is 1. The smallest absolute Gasteiger partial charge is 0.0622 e. The molecule has 0 saturated carbocycles. The molecule has 0 radical (unpaired) electrons. The highest BCUT2D eigenvalue weighted by molar-refractivity contribution is 4.90. The minimum atomic E-state index is 0.603. The Labute approximate surface area is 80.2 Å². The summed E-state index contributed by atoms with van der Waals surface area (Å²) in [5, 5.41) is 0. The van der Waals surface area contributed by atoms with Gasteiger partial charge in [-0.2, -0.15) is 0 Å². The van der Waals surface area contributed by atoms with Gasteiger partial charge in [0.1, 0.15) is 0 Å². The molecule has 13 heavy (non-hydrogen) atoms. The Hall–Kier alpha value is -0.120. The topological polar surface area (TPSA) is 38.5 Å². The highest BCUT2D eigenvalue weighted by Crippen LogP contribution is 2.27. The Balaban J connectivity index is 1.97. The van der Waals surface area contributed by atoms with Crippen LogP contribution in [0.1, 0.15) is 19.8 Å². The number of likely N-dealkylation sites (tertiary alicyclic amines) is 1. The summed E-state index contributed by atoms with van der Waals surface area (Å²) in [6.45, 7) is 6.19. The summed E-state index contributed by atoms with van der Waals surface area (Å²) in [5.41, 5.74) is 5.80. The normalized spacial score (nSPS) is 41.5. The van der Waals surface area contributed by atoms with Crippen molar-refractivity contribution in [1.82, 2.24) is 4.90 Å². The van der Waals surface area contributed by atoms with Gasteiger partial charge >= 0.3 is 0 Å². The first-order valence-electron chi connectivity index (χ1n) is 5.36. The van der Waals surface area contributed by atoms with Gasteiger partial charge in [0.05, 0.1) is 6.61 Å². The van der Waals surface area contributed by atoms with E-state index in [0.29, 0.717) is 12.1 Å². The molecule has 0 aromatic rings. The summed E-state index contributed by atoms with van der Waals surface area (Å²) in [5.74, 6) is 0.769. The van der Waals surface area contributed by atoms with Crippen LogP contribution in [-0.2, 0) is 4.74 Å². The van der Waals surface area contributed by atoms with E-state index in [-0.39, 0.29) is 0 Å². The quantitative estimate of drug-likeness (QED) is 0.677. The molecule has 2 rings (SSSR count). The molecule has 0 amide bonds. The van der Waals surface area contributed by atoms with Gasteiger partial charge in [-0.1, -0.05) is 6.92 Å². The van der Waals surface area contributed by atoms with Crippen LogP contribution in [0, 0.1) is 5.92 Å². The second-order valence-electron chi connectivity index (χ2n) is 4.32. The first-order valence-corrected chi connectivity index (χ1v) is 5.36. The zero-order chi connectivity index (χ0) is 9.26. The van der Waals surface area contributed by atoms with Crippen molar-refractivity contribution >= 4 is 0 Å². The third-order valence-electron chi connectivity index (χ3n) is 3.54. The molecule has 2 N–H and O–H groups in total. The molecule has 3 heteroatoms. The lowest BCUT2D eigenvalue weighted by atomic mass is 10.0. The molecule has 3 atom stereocenters. The molecule has 0 aromatic heterocycles. The third kappa shape index (κ3) is 1.73. The molecule has 2 aliphatic rings. The van der Waals surface area contributed by atoms with Crippen LogP contribution in [0.5, 0.6) is 0 Å². The third-order valence-corrected chi connectivity index (χ3v) is 3.54. The second kappa shape index (κ2) is 3.95. The first-order chi connectivity index (χ1) is 6.33. The van der Waals surface area contributed by atoms with E-state index < -0.39 is 0 Å². The van der Waals surface area contributed by atoms with E-state index in [2.05, 4.69) is 11.8 Å². The van der Waals surface area contributed by atoms with Crippen LogP contribution in [0.2, 0.25) is 0 Å². The summed E-state index contributed by atoms with van der Waals surface area (Å²) in [7, 11) is 0. The van der Waals surface area contributed by atoms with Gasteiger partial charge in [-0.15, -0.1) is 0 Å². The molecular formula is C10H20N2O. The molecule has 2 aliphatic heterocycles. The Bertz CT molecular complexity index is 168. The molecule has 0 aromatic carbocycles. The number of rotatable bonds is 2. The summed E-state index contributed by atoms with van der Waals surface area (Å²) in [6.07, 6.45) is 2.50. The molecule has 3 unspecified atom stereocenters. The van der Waals surface area contributed by atoms with E-state index in [4.69, 9.17) is 10.5 Å². The lowest BCUT2D eigenvalue weighted by molar-refractivity contribution is 0.130. The Morgan fingerprint density at radius 2 is 2.31 bits per heavy atom. The van der Waals surface area contributed by atoms with E-state index in [9.17, 15) is 0 Å². The van der Waals surface area contributed by atoms with E-state index in [1.165, 1.54) is 19.4 Å². The summed E-state index contributed by atoms with van der Waals surface area (Å²) < 4.78 is 5.42. The Morgan fingerprint density at radius 1 is 1.46 bits per heavy atom. The molecule has 0 aliphatic carbocycles. The molecule has 3 nitrogen and oxygen atoms in total. The molecular weight excluding hydrogens is 164 g/mol. The Kier molecular flexibility index (Phi) is 2.86. The Morgan fingerprint density at radius 3 is 2.92 bits per heavy atom. The lowest BCUT2D eigenvalue weighted by Gasteiger charge is -2.30. The van der Waals surface area contributed by atoms with Gasteiger partial charge in [-0.05, 0) is 25.3 Å². The monoisotopic (exact) mass is 184 g/mol. The van der Waals surface area contributed by atoms with Crippen molar-refractivity contribution in [3.63, 3.8) is 0 Å². The van der Waals surface area contributed by atoms with Crippen LogP contribution in [-0.4, -0.2) is 43.3 Å². The van der Waals surface area contributed by atoms with Crippen molar-refractivity contribution in [1.29, 1.82) is 0 Å². The van der Waals surface area contributed by atoms with Gasteiger partial charge in [-0.3, -0.25) is 4.90 Å². The summed E-state index contributed by atoms with van der Waals surface area (Å²) in [6, 6.07) is 1.25. The van der Waals surface area contributed by atoms with Gasteiger partial charge in [0, 0.05) is 25.2 Å². The summed E-state index contributed by atoms with van der Waals surface area (Å²) >= 11 is 0. The fourth-order valence-corrected chi connectivity index (χ4v) is 2.64. The highest BCUT2D eigenvalue weighted by Gasteiger charge is 2.35. The standard InChI is InChI=1S/C10H20N2O/c1-8-2-4-12(10(8)6-11)9-3-5-13-7-9/h8-10H,2-7,11H2,1H3. The zero-order valence-electron chi connectivity index (χ0n) is 8.41. The minimum absolute atomic E-state index is 0.603. The van der Waals surface area contributed by atoms with Crippen molar-refractivity contribution in [2.75, 3.05) is 26.3 Å². The van der Waals surface area contributed by atoms with Gasteiger partial charge < -0.3 is 10.5 Å². The molecule has 2 saturated heterocycles. The lowest BCUT2D eigenvalue weighted by Crippen LogP contribution is -2.44. The molecule has 2 fully saturated rings. The highest BCUT2D eigenvalue weighted by atomic mass is 16.5. The second-order valence-corrected chi connectivity index (χ2v) is 4.32. The van der Waals surface area contributed by atoms with Crippen LogP contribution in [0.15, 0.2) is 0 Å². The molecule has 2 heterocycles. The number of hydrogen-bond donors (Lipinski definition) is 1. The fraction of sp³-hybridized carbons (Fsp3) is 1.00. The average Bonchev–Trinajstić information content (AvgIpc) is 2.71. The predicted molar refractivity (Wildman–Crippen MR) is 52.6 cm³/mol. The largest absolute Gasteiger partial charge is 0.380 e. The maximum Gasteiger partial charge on any atom is 0.0622 e. The van der Waals surface area contributed by atoms with Crippen molar-refractivity contribution in [3.8, 4) is 0 Å². The van der Waals surface area contributed by atoms with Crippen LogP contribution in [0.3, 0.4) is 0 Å². The average molecular weight is 184 g/mol. The molecule has 76 valence electrons. The van der Waals surface area contributed by atoms with Gasteiger partial charge in [0.25, 0.3) is 0 Å². The van der Waals surface area contributed by atoms with Crippen molar-refractivity contribution in [3.05, 3.63) is 0 Å². The molecule has 0 bridgehead atoms. The van der Waals surface area contributed by atoms with Crippen LogP contribution in [0.4, 0.5) is 0 Å². The van der Waals surface area contributed by atoms with E-state index >= 15 is 0 Å². The van der Waals surface area contributed by atoms with E-state index in [1.807, 2.05) is 0 Å². The van der Waals surface area contributed by atoms with Crippen LogP contribution in [0.25, 0.3) is 0 Å². The molecule has 0 spiro atoms. The van der Waals surface area contributed by atoms with Crippen molar-refractivity contribution in [2.24, 2.45) is 11.7 Å².